The lowest BCUT2D eigenvalue weighted by atomic mass is 10.1. The molecule has 6 heteroatoms. The molecule has 0 aromatic heterocycles. The summed E-state index contributed by atoms with van der Waals surface area (Å²) in [5, 5.41) is 2.79. The lowest BCUT2D eigenvalue weighted by Gasteiger charge is -2.07. The van der Waals surface area contributed by atoms with Gasteiger partial charge in [0.1, 0.15) is 5.71 Å². The van der Waals surface area contributed by atoms with Crippen LogP contribution in [0.3, 0.4) is 0 Å². The Morgan fingerprint density at radius 1 is 1.20 bits per heavy atom. The van der Waals surface area contributed by atoms with Crippen LogP contribution < -0.4 is 5.32 Å². The van der Waals surface area contributed by atoms with E-state index in [0.717, 1.165) is 15.7 Å². The van der Waals surface area contributed by atoms with E-state index in [4.69, 9.17) is 4.74 Å². The zero-order chi connectivity index (χ0) is 18.0. The molecule has 2 aromatic carbocycles. The molecule has 1 amide bonds. The molecule has 0 saturated heterocycles. The Bertz CT molecular complexity index is 857. The zero-order valence-electron chi connectivity index (χ0n) is 13.9. The van der Waals surface area contributed by atoms with Crippen molar-refractivity contribution in [2.45, 2.75) is 13.8 Å². The summed E-state index contributed by atoms with van der Waals surface area (Å²) >= 11 is 3.40. The van der Waals surface area contributed by atoms with E-state index in [-0.39, 0.29) is 17.8 Å². The van der Waals surface area contributed by atoms with Crippen molar-refractivity contribution < 1.29 is 14.3 Å². The van der Waals surface area contributed by atoms with Gasteiger partial charge in [-0.05, 0) is 48.4 Å². The van der Waals surface area contributed by atoms with Gasteiger partial charge in [-0.2, -0.15) is 0 Å². The van der Waals surface area contributed by atoms with Gasteiger partial charge in [0.15, 0.2) is 0 Å². The van der Waals surface area contributed by atoms with Crippen molar-refractivity contribution in [2.75, 3.05) is 11.9 Å². The van der Waals surface area contributed by atoms with Crippen molar-refractivity contribution in [3.8, 4) is 0 Å². The number of benzene rings is 2. The molecule has 1 N–H and O–H groups in total. The first-order valence-electron chi connectivity index (χ1n) is 7.91. The summed E-state index contributed by atoms with van der Waals surface area (Å²) in [7, 11) is 0. The Morgan fingerprint density at radius 3 is 2.60 bits per heavy atom. The summed E-state index contributed by atoms with van der Waals surface area (Å²) in [5.41, 5.74) is 2.90. The number of nitrogens with one attached hydrogen (secondary N) is 1. The molecule has 0 bridgehead atoms. The minimum absolute atomic E-state index is 0.242. The molecule has 0 fully saturated rings. The molecule has 2 aromatic rings. The molecule has 1 heterocycles. The van der Waals surface area contributed by atoms with Gasteiger partial charge in [-0.1, -0.05) is 29.8 Å². The van der Waals surface area contributed by atoms with Crippen molar-refractivity contribution >= 4 is 44.9 Å². The molecule has 0 spiro atoms. The number of hydrogen-bond acceptors (Lipinski definition) is 4. The molecule has 0 aliphatic carbocycles. The highest BCUT2D eigenvalue weighted by atomic mass is 79.9. The molecule has 0 radical (unpaired) electrons. The second kappa shape index (κ2) is 7.19. The van der Waals surface area contributed by atoms with E-state index in [1.54, 1.807) is 24.3 Å². The zero-order valence-corrected chi connectivity index (χ0v) is 15.5. The number of rotatable bonds is 4. The fraction of sp³-hybridized carbons (Fsp3) is 0.211. The number of anilines is 1. The van der Waals surface area contributed by atoms with E-state index in [9.17, 15) is 9.59 Å². The number of fused-ring (bicyclic) bond motifs is 1. The summed E-state index contributed by atoms with van der Waals surface area (Å²) in [6.45, 7) is 4.35. The maximum absolute atomic E-state index is 12.1. The highest BCUT2D eigenvalue weighted by Crippen LogP contribution is 2.28. The molecule has 0 atom stereocenters. The number of carbonyl (C=O) groups is 2. The average Bonchev–Trinajstić information content (AvgIpc) is 2.88. The Labute approximate surface area is 154 Å². The third-order valence-corrected chi connectivity index (χ3v) is 4.08. The Kier molecular flexibility index (Phi) is 4.99. The van der Waals surface area contributed by atoms with Crippen LogP contribution in [0, 0.1) is 5.92 Å². The van der Waals surface area contributed by atoms with Gasteiger partial charge in [0.25, 0.3) is 5.91 Å². The number of carbonyl (C=O) groups excluding carboxylic acids is 2. The maximum atomic E-state index is 12.1. The molecule has 0 unspecified atom stereocenters. The number of amides is 1. The highest BCUT2D eigenvalue weighted by molar-refractivity contribution is 9.10. The maximum Gasteiger partial charge on any atom is 0.338 e. The van der Waals surface area contributed by atoms with Gasteiger partial charge in [0.05, 0.1) is 23.5 Å². The fourth-order valence-corrected chi connectivity index (χ4v) is 2.72. The normalized spacial score (nSPS) is 14.6. The minimum Gasteiger partial charge on any atom is -0.462 e. The lowest BCUT2D eigenvalue weighted by molar-refractivity contribution is -0.110. The van der Waals surface area contributed by atoms with Gasteiger partial charge in [0.2, 0.25) is 0 Å². The van der Waals surface area contributed by atoms with Gasteiger partial charge in [-0.15, -0.1) is 0 Å². The van der Waals surface area contributed by atoms with E-state index in [1.165, 1.54) is 0 Å². The summed E-state index contributed by atoms with van der Waals surface area (Å²) in [4.78, 5) is 28.5. The first-order chi connectivity index (χ1) is 11.9. The molecule has 128 valence electrons. The van der Waals surface area contributed by atoms with Crippen molar-refractivity contribution in [3.05, 3.63) is 58.1 Å². The SMILES string of the molecule is CC(C)COC(=O)c1ccc(N=C2C(=O)Nc3ccc(Br)cc32)cc1. The first kappa shape index (κ1) is 17.4. The molecular formula is C19H17BrN2O3. The van der Waals surface area contributed by atoms with Gasteiger partial charge in [0, 0.05) is 10.0 Å². The van der Waals surface area contributed by atoms with Crippen molar-refractivity contribution in [1.82, 2.24) is 0 Å². The minimum atomic E-state index is -0.360. The van der Waals surface area contributed by atoms with E-state index in [1.807, 2.05) is 32.0 Å². The number of nitrogens with zero attached hydrogens (tertiary/aromatic N) is 1. The smallest absolute Gasteiger partial charge is 0.338 e. The molecule has 5 nitrogen and oxygen atoms in total. The number of esters is 1. The average molecular weight is 401 g/mol. The van der Waals surface area contributed by atoms with Crippen molar-refractivity contribution in [1.29, 1.82) is 0 Å². The standard InChI is InChI=1S/C19H17BrN2O3/c1-11(2)10-25-19(24)12-3-6-14(7-4-12)21-17-15-9-13(20)5-8-16(15)22-18(17)23/h3-9,11H,10H2,1-2H3,(H,21,22,23). The van der Waals surface area contributed by atoms with Gasteiger partial charge < -0.3 is 10.1 Å². The molecular weight excluding hydrogens is 384 g/mol. The summed E-state index contributed by atoms with van der Waals surface area (Å²) in [5.74, 6) is -0.316. The predicted molar refractivity (Wildman–Crippen MR) is 101 cm³/mol. The van der Waals surface area contributed by atoms with Crippen LogP contribution in [0.1, 0.15) is 29.8 Å². The quantitative estimate of drug-likeness (QED) is 0.776. The number of aliphatic imine (C=N–C) groups is 1. The second-order valence-electron chi connectivity index (χ2n) is 6.14. The topological polar surface area (TPSA) is 67.8 Å². The van der Waals surface area contributed by atoms with Crippen LogP contribution in [-0.4, -0.2) is 24.2 Å². The van der Waals surface area contributed by atoms with Crippen LogP contribution in [0.2, 0.25) is 0 Å². The number of ether oxygens (including phenoxy) is 1. The monoisotopic (exact) mass is 400 g/mol. The van der Waals surface area contributed by atoms with Crippen LogP contribution in [0.5, 0.6) is 0 Å². The molecule has 1 aliphatic rings. The summed E-state index contributed by atoms with van der Waals surface area (Å²) in [6, 6.07) is 12.2. The van der Waals surface area contributed by atoms with Gasteiger partial charge >= 0.3 is 5.97 Å². The van der Waals surface area contributed by atoms with Crippen LogP contribution in [0.15, 0.2) is 51.9 Å². The third kappa shape index (κ3) is 3.96. The Morgan fingerprint density at radius 2 is 1.92 bits per heavy atom. The van der Waals surface area contributed by atoms with E-state index in [2.05, 4.69) is 26.2 Å². The van der Waals surface area contributed by atoms with Crippen LogP contribution in [0.4, 0.5) is 11.4 Å². The fourth-order valence-electron chi connectivity index (χ4n) is 2.36. The van der Waals surface area contributed by atoms with E-state index >= 15 is 0 Å². The van der Waals surface area contributed by atoms with Crippen molar-refractivity contribution in [2.24, 2.45) is 10.9 Å². The van der Waals surface area contributed by atoms with E-state index in [0.29, 0.717) is 23.6 Å². The lowest BCUT2D eigenvalue weighted by Crippen LogP contribution is -2.14. The van der Waals surface area contributed by atoms with Crippen LogP contribution in [-0.2, 0) is 9.53 Å². The van der Waals surface area contributed by atoms with E-state index < -0.39 is 0 Å². The Balaban J connectivity index is 1.82. The highest BCUT2D eigenvalue weighted by Gasteiger charge is 2.26. The van der Waals surface area contributed by atoms with Crippen molar-refractivity contribution in [3.63, 3.8) is 0 Å². The first-order valence-corrected chi connectivity index (χ1v) is 8.70. The predicted octanol–water partition coefficient (Wildman–Crippen LogP) is 4.33. The largest absolute Gasteiger partial charge is 0.462 e. The molecule has 1 aliphatic heterocycles. The third-order valence-electron chi connectivity index (χ3n) is 3.59. The van der Waals surface area contributed by atoms with Gasteiger partial charge in [-0.25, -0.2) is 9.79 Å². The summed E-state index contributed by atoms with van der Waals surface area (Å²) in [6.07, 6.45) is 0. The summed E-state index contributed by atoms with van der Waals surface area (Å²) < 4.78 is 6.07. The van der Waals surface area contributed by atoms with Crippen LogP contribution >= 0.6 is 15.9 Å². The second-order valence-corrected chi connectivity index (χ2v) is 7.06. The van der Waals surface area contributed by atoms with Gasteiger partial charge in [-0.3, -0.25) is 4.79 Å². The molecule has 0 saturated carbocycles. The number of hydrogen-bond donors (Lipinski definition) is 1. The molecule has 3 rings (SSSR count). The number of halogens is 1. The van der Waals surface area contributed by atoms with Crippen LogP contribution in [0.25, 0.3) is 0 Å². The molecule has 25 heavy (non-hydrogen) atoms. The Hall–Kier alpha value is -2.47.